The zero-order valence-corrected chi connectivity index (χ0v) is 25.3. The van der Waals surface area contributed by atoms with E-state index in [0.717, 1.165) is 48.6 Å². The maximum absolute atomic E-state index is 12.6. The molecule has 2 aromatic carbocycles. The van der Waals surface area contributed by atoms with Crippen LogP contribution in [0.25, 0.3) is 0 Å². The molecule has 222 valence electrons. The van der Waals surface area contributed by atoms with Crippen molar-refractivity contribution < 1.29 is 13.2 Å². The molecule has 0 saturated carbocycles. The van der Waals surface area contributed by atoms with Crippen molar-refractivity contribution in [3.05, 3.63) is 64.8 Å². The van der Waals surface area contributed by atoms with Crippen LogP contribution in [0.2, 0.25) is 0 Å². The van der Waals surface area contributed by atoms with Gasteiger partial charge in [0.1, 0.15) is 17.4 Å². The van der Waals surface area contributed by atoms with Crippen LogP contribution in [-0.2, 0) is 22.2 Å². The first-order valence-corrected chi connectivity index (χ1v) is 16.2. The molecule has 3 atom stereocenters. The van der Waals surface area contributed by atoms with Crippen molar-refractivity contribution in [2.75, 3.05) is 73.0 Å². The predicted octanol–water partition coefficient (Wildman–Crippen LogP) is 2.71. The fourth-order valence-corrected chi connectivity index (χ4v) is 8.21. The lowest BCUT2D eigenvalue weighted by Gasteiger charge is -2.35. The third-order valence-corrected chi connectivity index (χ3v) is 10.3. The van der Waals surface area contributed by atoms with Crippen molar-refractivity contribution >= 4 is 38.7 Å². The average Bonchev–Trinajstić information content (AvgIpc) is 3.71. The van der Waals surface area contributed by atoms with Crippen LogP contribution in [0.5, 0.6) is 5.75 Å². The third kappa shape index (κ3) is 4.40. The van der Waals surface area contributed by atoms with Crippen LogP contribution in [0.3, 0.4) is 0 Å². The molecule has 0 bridgehead atoms. The number of H-pyrrole nitrogens is 1. The molecule has 0 aliphatic carbocycles. The summed E-state index contributed by atoms with van der Waals surface area (Å²) >= 11 is 0. The number of rotatable bonds is 5. The number of amidine groups is 1. The summed E-state index contributed by atoms with van der Waals surface area (Å²) in [6, 6.07) is 11.8. The number of aryl methyl sites for hydroxylation is 1. The summed E-state index contributed by atoms with van der Waals surface area (Å²) in [5.41, 5.74) is 13.2. The molecule has 5 N–H and O–H groups in total. The minimum absolute atomic E-state index is 0.412. The largest absolute Gasteiger partial charge is 0.496 e. The first-order chi connectivity index (χ1) is 20.0. The SMILES string of the molecule is COc1cc(N2C[C@H]3CN(C)C[C@H]3C2)c(C)cc1C1(N)N=C(Nc2cccc3c2N(S(C)(=O)=O)CC3)c2cc[nH]c2N1. The molecular weight excluding hydrogens is 552 g/mol. The number of aliphatic imine (C=N–C) groups is 1. The van der Waals surface area contributed by atoms with E-state index in [0.29, 0.717) is 59.1 Å². The van der Waals surface area contributed by atoms with E-state index >= 15 is 0 Å². The second-order valence-electron chi connectivity index (χ2n) is 12.1. The van der Waals surface area contributed by atoms with Gasteiger partial charge in [-0.2, -0.15) is 0 Å². The van der Waals surface area contributed by atoms with Crippen LogP contribution < -0.4 is 30.3 Å². The molecule has 4 aliphatic rings. The minimum Gasteiger partial charge on any atom is -0.496 e. The van der Waals surface area contributed by atoms with Gasteiger partial charge in [0.15, 0.2) is 0 Å². The first kappa shape index (κ1) is 27.1. The van der Waals surface area contributed by atoms with Gasteiger partial charge in [0, 0.05) is 50.7 Å². The van der Waals surface area contributed by atoms with Gasteiger partial charge in [-0.1, -0.05) is 12.1 Å². The zero-order valence-electron chi connectivity index (χ0n) is 24.4. The van der Waals surface area contributed by atoms with E-state index in [-0.39, 0.29) is 0 Å². The number of ether oxygens (including phenoxy) is 1. The maximum Gasteiger partial charge on any atom is 0.232 e. The number of para-hydroxylation sites is 1. The number of aromatic amines is 1. The molecule has 2 fully saturated rings. The van der Waals surface area contributed by atoms with E-state index in [1.165, 1.54) is 10.6 Å². The first-order valence-electron chi connectivity index (χ1n) is 14.4. The Morgan fingerprint density at radius 2 is 1.90 bits per heavy atom. The topological polar surface area (TPSA) is 131 Å². The van der Waals surface area contributed by atoms with E-state index in [1.54, 1.807) is 7.11 Å². The van der Waals surface area contributed by atoms with Crippen LogP contribution in [0.4, 0.5) is 22.9 Å². The fourth-order valence-electron chi connectivity index (χ4n) is 7.24. The van der Waals surface area contributed by atoms with Crippen molar-refractivity contribution in [2.24, 2.45) is 22.6 Å². The summed E-state index contributed by atoms with van der Waals surface area (Å²) in [5.74, 6) is 1.91. The van der Waals surface area contributed by atoms with E-state index < -0.39 is 15.8 Å². The molecule has 2 saturated heterocycles. The van der Waals surface area contributed by atoms with Gasteiger partial charge < -0.3 is 30.2 Å². The van der Waals surface area contributed by atoms with Crippen molar-refractivity contribution in [2.45, 2.75) is 19.1 Å². The molecule has 3 aromatic rings. The highest BCUT2D eigenvalue weighted by Gasteiger charge is 2.41. The van der Waals surface area contributed by atoms with Gasteiger partial charge in [-0.25, -0.2) is 13.4 Å². The zero-order chi connectivity index (χ0) is 29.4. The number of methoxy groups -OCH3 is 1. The molecule has 42 heavy (non-hydrogen) atoms. The highest BCUT2D eigenvalue weighted by Crippen LogP contribution is 2.42. The normalized spacial score (nSPS) is 25.1. The highest BCUT2D eigenvalue weighted by atomic mass is 32.2. The number of aromatic nitrogens is 1. The van der Waals surface area contributed by atoms with Gasteiger partial charge in [-0.15, -0.1) is 0 Å². The van der Waals surface area contributed by atoms with Gasteiger partial charge in [-0.05, 0) is 61.6 Å². The van der Waals surface area contributed by atoms with Gasteiger partial charge in [0.25, 0.3) is 0 Å². The van der Waals surface area contributed by atoms with Gasteiger partial charge in [-0.3, -0.25) is 10.0 Å². The maximum atomic E-state index is 12.6. The van der Waals surface area contributed by atoms with Crippen LogP contribution in [0.1, 0.15) is 22.3 Å². The van der Waals surface area contributed by atoms with E-state index in [9.17, 15) is 8.42 Å². The molecule has 0 amide bonds. The molecule has 1 aromatic heterocycles. The minimum atomic E-state index is -3.44. The van der Waals surface area contributed by atoms with E-state index in [1.807, 2.05) is 30.5 Å². The molecule has 12 heteroatoms. The van der Waals surface area contributed by atoms with E-state index in [4.69, 9.17) is 15.5 Å². The van der Waals surface area contributed by atoms with Crippen LogP contribution in [-0.4, -0.2) is 77.3 Å². The Bertz CT molecular complexity index is 1690. The Morgan fingerprint density at radius 1 is 1.14 bits per heavy atom. The molecule has 5 heterocycles. The highest BCUT2D eigenvalue weighted by molar-refractivity contribution is 7.92. The Kier molecular flexibility index (Phi) is 6.23. The number of hydrogen-bond donors (Lipinski definition) is 4. The second-order valence-corrected chi connectivity index (χ2v) is 14.0. The van der Waals surface area contributed by atoms with Crippen LogP contribution >= 0.6 is 0 Å². The van der Waals surface area contributed by atoms with Crippen LogP contribution in [0, 0.1) is 18.8 Å². The summed E-state index contributed by atoms with van der Waals surface area (Å²) in [4.78, 5) is 13.2. The van der Waals surface area contributed by atoms with Crippen molar-refractivity contribution in [3.63, 3.8) is 0 Å². The summed E-state index contributed by atoms with van der Waals surface area (Å²) in [6.07, 6.45) is 3.72. The number of nitrogens with zero attached hydrogens (tertiary/aromatic N) is 4. The van der Waals surface area contributed by atoms with Crippen molar-refractivity contribution in [3.8, 4) is 5.75 Å². The summed E-state index contributed by atoms with van der Waals surface area (Å²) < 4.78 is 32.6. The molecule has 11 nitrogen and oxygen atoms in total. The lowest BCUT2D eigenvalue weighted by Crippen LogP contribution is -2.47. The number of nitrogens with two attached hydrogens (primary N) is 1. The Hall–Kier alpha value is -3.74. The van der Waals surface area contributed by atoms with Gasteiger partial charge in [0.05, 0.1) is 35.9 Å². The number of likely N-dealkylation sites (tertiary alicyclic amines) is 1. The standard InChI is InChI=1S/C30H38N8O3S/c1-18-12-23(26(41-3)13-25(18)37-16-20-14-36(2)15-21(20)17-37)30(31)34-28-22(8-10-32-28)29(35-30)33-24-7-5-6-19-9-11-38(27(19)24)42(4,39)40/h5-8,10,12-13,20-21,32,34H,9,11,14-17,31H2,1-4H3,(H,33,35)/t20-,21+,30?. The Labute approximate surface area is 246 Å². The van der Waals surface area contributed by atoms with Crippen LogP contribution in [0.15, 0.2) is 47.6 Å². The molecule has 1 unspecified atom stereocenters. The fraction of sp³-hybridized carbons (Fsp3) is 0.433. The smallest absolute Gasteiger partial charge is 0.232 e. The Morgan fingerprint density at radius 3 is 2.62 bits per heavy atom. The van der Waals surface area contributed by atoms with E-state index in [2.05, 4.69) is 51.5 Å². The molecule has 0 spiro atoms. The quantitative estimate of drug-likeness (QED) is 0.357. The number of anilines is 4. The number of nitrogens with one attached hydrogen (secondary N) is 3. The molecule has 7 rings (SSSR count). The lowest BCUT2D eigenvalue weighted by atomic mass is 10.00. The lowest BCUT2D eigenvalue weighted by molar-refractivity contribution is 0.386. The molecular formula is C30H38N8O3S. The third-order valence-electron chi connectivity index (χ3n) is 9.15. The summed E-state index contributed by atoms with van der Waals surface area (Å²) in [5, 5.41) is 6.82. The van der Waals surface area contributed by atoms with Crippen molar-refractivity contribution in [1.29, 1.82) is 0 Å². The second kappa shape index (κ2) is 9.65. The molecule has 4 aliphatic heterocycles. The number of hydrogen-bond acceptors (Lipinski definition) is 9. The number of benzene rings is 2. The monoisotopic (exact) mass is 590 g/mol. The van der Waals surface area contributed by atoms with Gasteiger partial charge in [0.2, 0.25) is 15.8 Å². The predicted molar refractivity (Wildman–Crippen MR) is 167 cm³/mol. The molecule has 0 radical (unpaired) electrons. The number of sulfonamides is 1. The van der Waals surface area contributed by atoms with Gasteiger partial charge >= 0.3 is 0 Å². The number of fused-ring (bicyclic) bond motifs is 3. The Balaban J connectivity index is 1.26. The van der Waals surface area contributed by atoms with Crippen molar-refractivity contribution in [1.82, 2.24) is 9.88 Å². The summed E-state index contributed by atoms with van der Waals surface area (Å²) in [6.45, 7) is 6.88. The summed E-state index contributed by atoms with van der Waals surface area (Å²) in [7, 11) is 0.424. The average molecular weight is 591 g/mol.